The second-order valence-electron chi connectivity index (χ2n) is 4.29. The van der Waals surface area contributed by atoms with Crippen molar-refractivity contribution in [3.63, 3.8) is 0 Å². The zero-order chi connectivity index (χ0) is 13.2. The maximum absolute atomic E-state index is 12.0. The predicted molar refractivity (Wildman–Crippen MR) is 62.8 cm³/mol. The van der Waals surface area contributed by atoms with Gasteiger partial charge in [-0.2, -0.15) is 0 Å². The van der Waals surface area contributed by atoms with Crippen molar-refractivity contribution in [1.82, 2.24) is 5.32 Å². The first-order chi connectivity index (χ1) is 8.46. The largest absolute Gasteiger partial charge is 0.573 e. The minimum atomic E-state index is -4.64. The van der Waals surface area contributed by atoms with Crippen LogP contribution in [0.15, 0.2) is 24.3 Å². The van der Waals surface area contributed by atoms with Crippen LogP contribution in [0, 0.1) is 0 Å². The second kappa shape index (κ2) is 5.06. The van der Waals surface area contributed by atoms with Gasteiger partial charge in [0.1, 0.15) is 5.75 Å². The lowest BCUT2D eigenvalue weighted by atomic mass is 10.2. The van der Waals surface area contributed by atoms with Gasteiger partial charge >= 0.3 is 6.36 Å². The molecule has 1 aliphatic heterocycles. The minimum Gasteiger partial charge on any atom is -0.406 e. The number of nitrogens with zero attached hydrogens (tertiary/aromatic N) is 1. The van der Waals surface area contributed by atoms with Crippen molar-refractivity contribution < 1.29 is 17.9 Å². The molecule has 0 spiro atoms. The lowest BCUT2D eigenvalue weighted by Crippen LogP contribution is -2.49. The number of hydrogen-bond acceptors (Lipinski definition) is 3. The maximum Gasteiger partial charge on any atom is 0.573 e. The first-order valence-corrected chi connectivity index (χ1v) is 5.79. The molecule has 1 fully saturated rings. The summed E-state index contributed by atoms with van der Waals surface area (Å²) in [5, 5.41) is 3.26. The van der Waals surface area contributed by atoms with Gasteiger partial charge in [-0.15, -0.1) is 13.2 Å². The van der Waals surface area contributed by atoms with E-state index in [9.17, 15) is 13.2 Å². The van der Waals surface area contributed by atoms with Crippen LogP contribution in [0.3, 0.4) is 0 Å². The summed E-state index contributed by atoms with van der Waals surface area (Å²) in [4.78, 5) is 2.16. The van der Waals surface area contributed by atoms with E-state index in [0.717, 1.165) is 25.3 Å². The van der Waals surface area contributed by atoms with Gasteiger partial charge in [-0.25, -0.2) is 0 Å². The normalized spacial score (nSPS) is 20.9. The molecule has 0 amide bonds. The zero-order valence-corrected chi connectivity index (χ0v) is 10.00. The highest BCUT2D eigenvalue weighted by Crippen LogP contribution is 2.26. The Kier molecular flexibility index (Phi) is 3.65. The summed E-state index contributed by atoms with van der Waals surface area (Å²) in [5.74, 6) is -0.186. The van der Waals surface area contributed by atoms with Crippen LogP contribution in [0.1, 0.15) is 6.92 Å². The second-order valence-corrected chi connectivity index (χ2v) is 4.29. The van der Waals surface area contributed by atoms with E-state index in [4.69, 9.17) is 0 Å². The number of anilines is 1. The quantitative estimate of drug-likeness (QED) is 0.883. The van der Waals surface area contributed by atoms with Crippen molar-refractivity contribution in [2.24, 2.45) is 0 Å². The van der Waals surface area contributed by atoms with Gasteiger partial charge in [0.2, 0.25) is 0 Å². The number of piperazine rings is 1. The lowest BCUT2D eigenvalue weighted by molar-refractivity contribution is -0.274. The average Bonchev–Trinajstić information content (AvgIpc) is 2.29. The third-order valence-electron chi connectivity index (χ3n) is 2.90. The standard InChI is InChI=1S/C12H15F3N2O/c1-9-8-16-6-7-17(9)10-2-4-11(5-3-10)18-12(13,14)15/h2-5,9,16H,6-8H2,1H3/t9-/m0/s1. The molecule has 0 bridgehead atoms. The monoisotopic (exact) mass is 260 g/mol. The van der Waals surface area contributed by atoms with Crippen molar-refractivity contribution in [2.45, 2.75) is 19.3 Å². The zero-order valence-electron chi connectivity index (χ0n) is 10.00. The van der Waals surface area contributed by atoms with Crippen molar-refractivity contribution in [3.8, 4) is 5.75 Å². The van der Waals surface area contributed by atoms with E-state index in [0.29, 0.717) is 6.04 Å². The Labute approximate surface area is 104 Å². The molecule has 0 saturated carbocycles. The smallest absolute Gasteiger partial charge is 0.406 e. The third kappa shape index (κ3) is 3.29. The van der Waals surface area contributed by atoms with E-state index in [1.807, 2.05) is 0 Å². The van der Waals surface area contributed by atoms with E-state index >= 15 is 0 Å². The number of halogens is 3. The van der Waals surface area contributed by atoms with Gasteiger partial charge in [-0.05, 0) is 31.2 Å². The molecule has 0 aliphatic carbocycles. The molecular formula is C12H15F3N2O. The van der Waals surface area contributed by atoms with Gasteiger partial charge in [0.25, 0.3) is 0 Å². The van der Waals surface area contributed by atoms with Gasteiger partial charge in [0.15, 0.2) is 0 Å². The summed E-state index contributed by atoms with van der Waals surface area (Å²) in [6, 6.07) is 6.33. The van der Waals surface area contributed by atoms with Crippen molar-refractivity contribution >= 4 is 5.69 Å². The minimum absolute atomic E-state index is 0.186. The Morgan fingerprint density at radius 1 is 1.28 bits per heavy atom. The highest BCUT2D eigenvalue weighted by molar-refractivity contribution is 5.50. The molecule has 1 aromatic carbocycles. The SMILES string of the molecule is C[C@H]1CNCCN1c1ccc(OC(F)(F)F)cc1. The van der Waals surface area contributed by atoms with Gasteiger partial charge in [-0.3, -0.25) is 0 Å². The summed E-state index contributed by atoms with van der Waals surface area (Å²) in [6.07, 6.45) is -4.64. The Morgan fingerprint density at radius 3 is 2.50 bits per heavy atom. The molecule has 1 N–H and O–H groups in total. The Bertz CT molecular complexity index is 391. The van der Waals surface area contributed by atoms with Crippen LogP contribution in [-0.2, 0) is 0 Å². The van der Waals surface area contributed by atoms with Gasteiger partial charge < -0.3 is 15.0 Å². The number of nitrogens with one attached hydrogen (secondary N) is 1. The average molecular weight is 260 g/mol. The van der Waals surface area contributed by atoms with E-state index in [1.165, 1.54) is 12.1 Å². The van der Waals surface area contributed by atoms with Crippen LogP contribution >= 0.6 is 0 Å². The van der Waals surface area contributed by atoms with Crippen LogP contribution in [0.4, 0.5) is 18.9 Å². The molecule has 1 saturated heterocycles. The van der Waals surface area contributed by atoms with Crippen molar-refractivity contribution in [2.75, 3.05) is 24.5 Å². The number of hydrogen-bond donors (Lipinski definition) is 1. The maximum atomic E-state index is 12.0. The Morgan fingerprint density at radius 2 is 1.94 bits per heavy atom. The molecule has 100 valence electrons. The van der Waals surface area contributed by atoms with E-state index in [1.54, 1.807) is 12.1 Å². The van der Waals surface area contributed by atoms with Gasteiger partial charge in [0, 0.05) is 31.4 Å². The van der Waals surface area contributed by atoms with Crippen LogP contribution in [-0.4, -0.2) is 32.0 Å². The Hall–Kier alpha value is -1.43. The van der Waals surface area contributed by atoms with E-state index in [2.05, 4.69) is 21.9 Å². The highest BCUT2D eigenvalue weighted by atomic mass is 19.4. The topological polar surface area (TPSA) is 24.5 Å². The van der Waals surface area contributed by atoms with Crippen molar-refractivity contribution in [1.29, 1.82) is 0 Å². The molecular weight excluding hydrogens is 245 g/mol. The molecule has 0 radical (unpaired) electrons. The van der Waals surface area contributed by atoms with E-state index < -0.39 is 6.36 Å². The number of benzene rings is 1. The van der Waals surface area contributed by atoms with Gasteiger partial charge in [0.05, 0.1) is 0 Å². The fourth-order valence-corrected chi connectivity index (χ4v) is 2.06. The molecule has 0 aromatic heterocycles. The summed E-state index contributed by atoms with van der Waals surface area (Å²) in [7, 11) is 0. The number of alkyl halides is 3. The summed E-state index contributed by atoms with van der Waals surface area (Å²) in [5.41, 5.74) is 0.915. The van der Waals surface area contributed by atoms with Crippen LogP contribution in [0.2, 0.25) is 0 Å². The number of ether oxygens (including phenoxy) is 1. The van der Waals surface area contributed by atoms with Gasteiger partial charge in [-0.1, -0.05) is 0 Å². The molecule has 3 nitrogen and oxygen atoms in total. The van der Waals surface area contributed by atoms with E-state index in [-0.39, 0.29) is 5.75 Å². The molecule has 2 rings (SSSR count). The van der Waals surface area contributed by atoms with Crippen LogP contribution in [0.5, 0.6) is 5.75 Å². The molecule has 1 aromatic rings. The molecule has 6 heteroatoms. The summed E-state index contributed by atoms with van der Waals surface area (Å²) in [6.45, 7) is 4.68. The molecule has 1 aliphatic rings. The van der Waals surface area contributed by atoms with Crippen molar-refractivity contribution in [3.05, 3.63) is 24.3 Å². The molecule has 1 atom stereocenters. The van der Waals surface area contributed by atoms with Crippen LogP contribution in [0.25, 0.3) is 0 Å². The summed E-state index contributed by atoms with van der Waals surface area (Å²) < 4.78 is 39.9. The fraction of sp³-hybridized carbons (Fsp3) is 0.500. The number of rotatable bonds is 2. The highest BCUT2D eigenvalue weighted by Gasteiger charge is 2.31. The molecule has 18 heavy (non-hydrogen) atoms. The fourth-order valence-electron chi connectivity index (χ4n) is 2.06. The lowest BCUT2D eigenvalue weighted by Gasteiger charge is -2.35. The first kappa shape index (κ1) is 13.0. The van der Waals surface area contributed by atoms with Crippen LogP contribution < -0.4 is 15.0 Å². The molecule has 0 unspecified atom stereocenters. The summed E-state index contributed by atoms with van der Waals surface area (Å²) >= 11 is 0. The predicted octanol–water partition coefficient (Wildman–Crippen LogP) is 2.38. The molecule has 1 heterocycles. The first-order valence-electron chi connectivity index (χ1n) is 5.79. The third-order valence-corrected chi connectivity index (χ3v) is 2.90. The Balaban J connectivity index is 2.07.